The van der Waals surface area contributed by atoms with E-state index in [1.54, 1.807) is 36.8 Å². The van der Waals surface area contributed by atoms with Crippen LogP contribution in [0.25, 0.3) is 0 Å². The van der Waals surface area contributed by atoms with Gasteiger partial charge in [-0.2, -0.15) is 5.26 Å². The van der Waals surface area contributed by atoms with Crippen molar-refractivity contribution in [3.63, 3.8) is 0 Å². The van der Waals surface area contributed by atoms with Crippen LogP contribution in [0.1, 0.15) is 11.3 Å². The lowest BCUT2D eigenvalue weighted by molar-refractivity contribution is 0.252. The van der Waals surface area contributed by atoms with Gasteiger partial charge in [0.15, 0.2) is 0 Å². The average Bonchev–Trinajstić information content (AvgIpc) is 2.93. The molecule has 0 aliphatic heterocycles. The van der Waals surface area contributed by atoms with Gasteiger partial charge in [0.1, 0.15) is 0 Å². The first kappa shape index (κ1) is 12.6. The molecule has 19 heavy (non-hydrogen) atoms. The van der Waals surface area contributed by atoms with Crippen LogP contribution in [0.5, 0.6) is 0 Å². The van der Waals surface area contributed by atoms with E-state index >= 15 is 0 Å². The molecule has 2 amide bonds. The molecule has 96 valence electrons. The maximum absolute atomic E-state index is 11.6. The van der Waals surface area contributed by atoms with Gasteiger partial charge in [0.2, 0.25) is 0 Å². The van der Waals surface area contributed by atoms with Crippen molar-refractivity contribution in [2.45, 2.75) is 6.42 Å². The molecule has 0 unspecified atom stereocenters. The molecule has 0 bridgehead atoms. The number of aromatic nitrogens is 2. The number of urea groups is 1. The molecular formula is C13H13N5O. The summed E-state index contributed by atoms with van der Waals surface area (Å²) in [6, 6.07) is 8.43. The van der Waals surface area contributed by atoms with Gasteiger partial charge in [-0.25, -0.2) is 9.78 Å². The summed E-state index contributed by atoms with van der Waals surface area (Å²) in [7, 11) is 0. The van der Waals surface area contributed by atoms with Gasteiger partial charge in [-0.1, -0.05) is 0 Å². The first-order valence-corrected chi connectivity index (χ1v) is 5.80. The Morgan fingerprint density at radius 3 is 2.79 bits per heavy atom. The van der Waals surface area contributed by atoms with Crippen molar-refractivity contribution in [3.8, 4) is 6.07 Å². The highest BCUT2D eigenvalue weighted by atomic mass is 16.2. The Morgan fingerprint density at radius 1 is 1.37 bits per heavy atom. The number of nitrogens with zero attached hydrogens (tertiary/aromatic N) is 2. The molecule has 1 heterocycles. The number of hydrogen-bond donors (Lipinski definition) is 3. The molecule has 2 aromatic rings. The molecule has 0 fully saturated rings. The van der Waals surface area contributed by atoms with Gasteiger partial charge >= 0.3 is 6.03 Å². The Kier molecular flexibility index (Phi) is 4.13. The number of rotatable bonds is 4. The Morgan fingerprint density at radius 2 is 2.16 bits per heavy atom. The predicted octanol–water partition coefficient (Wildman–Crippen LogP) is 1.65. The average molecular weight is 255 g/mol. The second kappa shape index (κ2) is 6.21. The third-order valence-electron chi connectivity index (χ3n) is 2.51. The van der Waals surface area contributed by atoms with Crippen molar-refractivity contribution in [3.05, 3.63) is 48.0 Å². The highest BCUT2D eigenvalue weighted by Gasteiger charge is 2.01. The highest BCUT2D eigenvalue weighted by molar-refractivity contribution is 5.89. The number of hydrogen-bond acceptors (Lipinski definition) is 3. The number of nitriles is 1. The van der Waals surface area contributed by atoms with Gasteiger partial charge in [0.05, 0.1) is 18.0 Å². The van der Waals surface area contributed by atoms with E-state index in [-0.39, 0.29) is 6.03 Å². The molecule has 0 radical (unpaired) electrons. The summed E-state index contributed by atoms with van der Waals surface area (Å²) in [5.74, 6) is 0. The smallest absolute Gasteiger partial charge is 0.319 e. The summed E-state index contributed by atoms with van der Waals surface area (Å²) in [5.41, 5.74) is 2.18. The van der Waals surface area contributed by atoms with Crippen molar-refractivity contribution in [2.75, 3.05) is 11.9 Å². The lowest BCUT2D eigenvalue weighted by atomic mass is 10.2. The molecule has 6 nitrogen and oxygen atoms in total. The van der Waals surface area contributed by atoms with Crippen LogP contribution in [0.4, 0.5) is 10.5 Å². The first-order valence-electron chi connectivity index (χ1n) is 5.80. The van der Waals surface area contributed by atoms with E-state index in [1.165, 1.54) is 0 Å². The van der Waals surface area contributed by atoms with E-state index in [2.05, 4.69) is 20.6 Å². The lowest BCUT2D eigenvalue weighted by Gasteiger charge is -2.06. The van der Waals surface area contributed by atoms with Crippen LogP contribution in [0.3, 0.4) is 0 Å². The van der Waals surface area contributed by atoms with E-state index < -0.39 is 0 Å². The van der Waals surface area contributed by atoms with Gasteiger partial charge in [-0.15, -0.1) is 0 Å². The zero-order chi connectivity index (χ0) is 13.5. The third-order valence-corrected chi connectivity index (χ3v) is 2.51. The normalized spacial score (nSPS) is 9.63. The number of H-pyrrole nitrogens is 1. The zero-order valence-electron chi connectivity index (χ0n) is 10.2. The summed E-state index contributed by atoms with van der Waals surface area (Å²) in [6.45, 7) is 0.518. The molecule has 3 N–H and O–H groups in total. The number of amides is 2. The summed E-state index contributed by atoms with van der Waals surface area (Å²) < 4.78 is 0. The molecule has 0 aliphatic rings. The maximum Gasteiger partial charge on any atom is 0.319 e. The molecule has 0 spiro atoms. The predicted molar refractivity (Wildman–Crippen MR) is 70.5 cm³/mol. The monoisotopic (exact) mass is 255 g/mol. The van der Waals surface area contributed by atoms with Crippen molar-refractivity contribution in [1.82, 2.24) is 15.3 Å². The Bertz CT molecular complexity index is 568. The molecule has 0 saturated heterocycles. The molecule has 2 rings (SSSR count). The Balaban J connectivity index is 1.76. The molecule has 1 aromatic carbocycles. The van der Waals surface area contributed by atoms with Crippen molar-refractivity contribution in [1.29, 1.82) is 5.26 Å². The van der Waals surface area contributed by atoms with E-state index in [1.807, 2.05) is 6.07 Å². The molecule has 6 heteroatoms. The minimum Gasteiger partial charge on any atom is -0.348 e. The summed E-state index contributed by atoms with van der Waals surface area (Å²) >= 11 is 0. The number of carbonyl (C=O) groups excluding carboxylic acids is 1. The van der Waals surface area contributed by atoms with Crippen LogP contribution < -0.4 is 10.6 Å². The zero-order valence-corrected chi connectivity index (χ0v) is 10.2. The number of anilines is 1. The molecular weight excluding hydrogens is 242 g/mol. The minimum absolute atomic E-state index is 0.274. The highest BCUT2D eigenvalue weighted by Crippen LogP contribution is 2.08. The number of nitrogens with one attached hydrogen (secondary N) is 3. The number of imidazole rings is 1. The topological polar surface area (TPSA) is 93.6 Å². The number of benzene rings is 1. The molecule has 1 aromatic heterocycles. The third kappa shape index (κ3) is 3.85. The summed E-state index contributed by atoms with van der Waals surface area (Å²) in [6.07, 6.45) is 4.02. The fourth-order valence-corrected chi connectivity index (χ4v) is 1.54. The number of aromatic amines is 1. The molecule has 0 saturated carbocycles. The van der Waals surface area contributed by atoms with Crippen LogP contribution in [-0.4, -0.2) is 22.5 Å². The minimum atomic E-state index is -0.274. The lowest BCUT2D eigenvalue weighted by Crippen LogP contribution is -2.30. The Labute approximate surface area is 110 Å². The van der Waals surface area contributed by atoms with Crippen molar-refractivity contribution < 1.29 is 4.79 Å². The van der Waals surface area contributed by atoms with Crippen LogP contribution in [0.15, 0.2) is 36.8 Å². The summed E-state index contributed by atoms with van der Waals surface area (Å²) in [4.78, 5) is 18.4. The van der Waals surface area contributed by atoms with E-state index in [9.17, 15) is 4.79 Å². The van der Waals surface area contributed by atoms with Crippen molar-refractivity contribution in [2.24, 2.45) is 0 Å². The van der Waals surface area contributed by atoms with Gasteiger partial charge in [0, 0.05) is 30.5 Å². The molecule has 0 aliphatic carbocycles. The molecule has 0 atom stereocenters. The standard InChI is InChI=1S/C13H13N5O/c14-7-10-1-3-11(4-2-10)18-13(19)16-6-5-12-8-15-9-17-12/h1-4,8-9H,5-6H2,(H,15,17)(H2,16,18,19). The SMILES string of the molecule is N#Cc1ccc(NC(=O)NCCc2cnc[nH]2)cc1. The van der Waals surface area contributed by atoms with E-state index in [4.69, 9.17) is 5.26 Å². The fraction of sp³-hybridized carbons (Fsp3) is 0.154. The van der Waals surface area contributed by atoms with Gasteiger partial charge in [0.25, 0.3) is 0 Å². The number of carbonyl (C=O) groups is 1. The van der Waals surface area contributed by atoms with Gasteiger partial charge in [-0.05, 0) is 24.3 Å². The van der Waals surface area contributed by atoms with E-state index in [0.29, 0.717) is 24.2 Å². The van der Waals surface area contributed by atoms with Crippen LogP contribution in [0.2, 0.25) is 0 Å². The fourth-order valence-electron chi connectivity index (χ4n) is 1.54. The summed E-state index contributed by atoms with van der Waals surface area (Å²) in [5, 5.41) is 14.1. The first-order chi connectivity index (χ1) is 9.28. The van der Waals surface area contributed by atoms with Crippen LogP contribution >= 0.6 is 0 Å². The van der Waals surface area contributed by atoms with E-state index in [0.717, 1.165) is 5.69 Å². The largest absolute Gasteiger partial charge is 0.348 e. The van der Waals surface area contributed by atoms with Crippen molar-refractivity contribution >= 4 is 11.7 Å². The Hall–Kier alpha value is -2.81. The second-order valence-electron chi connectivity index (χ2n) is 3.90. The van der Waals surface area contributed by atoms with Crippen LogP contribution in [0, 0.1) is 11.3 Å². The second-order valence-corrected chi connectivity index (χ2v) is 3.90. The van der Waals surface area contributed by atoms with Gasteiger partial charge in [-0.3, -0.25) is 0 Å². The quantitative estimate of drug-likeness (QED) is 0.775. The van der Waals surface area contributed by atoms with Crippen LogP contribution in [-0.2, 0) is 6.42 Å². The van der Waals surface area contributed by atoms with Gasteiger partial charge < -0.3 is 15.6 Å². The maximum atomic E-state index is 11.6.